The van der Waals surface area contributed by atoms with E-state index in [0.717, 1.165) is 74.0 Å². The Hall–Kier alpha value is -7.36. The number of thiophene rings is 6. The molecule has 2 aliphatic carbocycles. The van der Waals surface area contributed by atoms with Crippen LogP contribution in [0.3, 0.4) is 0 Å². The predicted octanol–water partition coefficient (Wildman–Crippen LogP) is 30.3. The minimum Gasteiger partial charge on any atom is -0.289 e. The van der Waals surface area contributed by atoms with E-state index in [2.05, 4.69) is 112 Å². The molecule has 6 aromatic heterocycles. The summed E-state index contributed by atoms with van der Waals surface area (Å²) in [5.41, 5.74) is 8.98. The number of carbonyl (C=O) groups excluding carboxylic acids is 2. The number of unbranched alkanes of at least 4 members (excludes halogenated alkanes) is 20. The highest BCUT2D eigenvalue weighted by Crippen LogP contribution is 2.57. The van der Waals surface area contributed by atoms with Gasteiger partial charge in [0.25, 0.3) is 11.4 Å². The molecule has 2 atom stereocenters. The third-order valence-corrected chi connectivity index (χ3v) is 28.6. The van der Waals surface area contributed by atoms with Gasteiger partial charge in [-0.25, -0.2) is 20.2 Å². The minimum atomic E-state index is -0.153. The maximum Gasteiger partial charge on any atom is 0.270 e. The summed E-state index contributed by atoms with van der Waals surface area (Å²) in [6, 6.07) is 38.5. The molecule has 6 heterocycles. The molecule has 11 rings (SSSR count). The molecule has 12 heteroatoms. The number of carbonyl (C=O) groups is 2. The Bertz CT molecular complexity index is 4410. The van der Waals surface area contributed by atoms with Crippen molar-refractivity contribution in [1.82, 2.24) is 0 Å². The first-order valence-electron chi connectivity index (χ1n) is 39.2. The Labute approximate surface area is 644 Å². The van der Waals surface area contributed by atoms with Gasteiger partial charge in [0.1, 0.15) is 0 Å². The Morgan fingerprint density at radius 2 is 0.779 bits per heavy atom. The third-order valence-electron chi connectivity index (χ3n) is 21.4. The Kier molecular flexibility index (Phi) is 29.0. The van der Waals surface area contributed by atoms with Crippen LogP contribution in [0.4, 0.5) is 0 Å². The van der Waals surface area contributed by atoms with Gasteiger partial charge in [0.05, 0.1) is 25.3 Å². The Morgan fingerprint density at radius 1 is 0.423 bits per heavy atom. The largest absolute Gasteiger partial charge is 0.289 e. The van der Waals surface area contributed by atoms with Crippen LogP contribution in [0.1, 0.15) is 284 Å². The molecule has 0 saturated carbocycles. The van der Waals surface area contributed by atoms with Crippen molar-refractivity contribution in [3.8, 4) is 52.5 Å². The molecule has 538 valence electrons. The van der Waals surface area contributed by atoms with E-state index in [-0.39, 0.29) is 23.0 Å². The quantitative estimate of drug-likeness (QED) is 0.0166. The van der Waals surface area contributed by atoms with E-state index in [1.807, 2.05) is 106 Å². The zero-order chi connectivity index (χ0) is 72.9. The molecule has 0 aliphatic heterocycles. The van der Waals surface area contributed by atoms with Gasteiger partial charge in [0, 0.05) is 113 Å². The van der Waals surface area contributed by atoms with Crippen molar-refractivity contribution in [1.29, 1.82) is 10.5 Å². The second kappa shape index (κ2) is 38.8. The predicted molar refractivity (Wildman–Crippen MR) is 451 cm³/mol. The number of hydrogen-bond donors (Lipinski definition) is 0. The maximum absolute atomic E-state index is 14.6. The van der Waals surface area contributed by atoms with E-state index in [9.17, 15) is 20.1 Å². The number of rotatable bonds is 40. The lowest BCUT2D eigenvalue weighted by Crippen LogP contribution is -2.01. The van der Waals surface area contributed by atoms with Crippen molar-refractivity contribution in [2.45, 2.75) is 247 Å². The summed E-state index contributed by atoms with van der Waals surface area (Å²) in [6.07, 6.45) is 42.4. The van der Waals surface area contributed by atoms with E-state index in [4.69, 9.17) is 13.1 Å². The summed E-state index contributed by atoms with van der Waals surface area (Å²) in [5, 5.41) is 23.3. The summed E-state index contributed by atoms with van der Waals surface area (Å²) in [5.74, 6) is 0.920. The van der Waals surface area contributed by atoms with Crippen LogP contribution in [0.15, 0.2) is 120 Å². The fourth-order valence-electron chi connectivity index (χ4n) is 15.6. The standard InChI is InChI=1S/C92H102N4O2S6/c1-9-15-19-21-23-25-27-29-31-33-41-63-53-67(55-73-83(77(59-93)95-7)69-43-35-37-45-71(69)87(73)97)101-89(63)81-57-75-85(79-49-47-65(99-79)51-61(13-5)39-17-11-3)92-76(86(91(75)103-81)80-50-48-66(100-80)52-62(14-6)40-18-12-4)58-82(104-92)90-64(42-34-32-30-28-26-24-22-20-16-10-2)54-68(102-90)56-74-84(78(60-94)96-8)70-44-36-38-46-72(70)88(74)98/h35-38,43-50,53-58,61-62H,9-34,39-42,51-52H2,1-6H3/b73-55-,74-56-,83-77-,84-78+. The second-order valence-corrected chi connectivity index (χ2v) is 35.5. The van der Waals surface area contributed by atoms with E-state index in [1.54, 1.807) is 22.7 Å². The first kappa shape index (κ1) is 77.7. The van der Waals surface area contributed by atoms with Crippen LogP contribution in [-0.4, -0.2) is 11.6 Å². The number of Topliss-reactive ketones (excluding diaryl/α,β-unsaturated/α-hetero) is 2. The molecule has 0 radical (unpaired) electrons. The Morgan fingerprint density at radius 3 is 1.12 bits per heavy atom. The molecule has 2 aliphatic rings. The van der Waals surface area contributed by atoms with Crippen molar-refractivity contribution in [2.24, 2.45) is 11.8 Å². The van der Waals surface area contributed by atoms with E-state index >= 15 is 0 Å². The number of nitriles is 2. The van der Waals surface area contributed by atoms with Gasteiger partial charge < -0.3 is 0 Å². The molecule has 6 nitrogen and oxygen atoms in total. The molecule has 0 fully saturated rings. The van der Waals surface area contributed by atoms with Crippen molar-refractivity contribution in [3.63, 3.8) is 0 Å². The number of benzene rings is 3. The lowest BCUT2D eigenvalue weighted by atomic mass is 9.95. The van der Waals surface area contributed by atoms with Crippen LogP contribution < -0.4 is 0 Å². The maximum atomic E-state index is 14.6. The average molecular weight is 1490 g/mol. The number of fused-ring (bicyclic) bond motifs is 4. The molecule has 2 unspecified atom stereocenters. The molecule has 3 aromatic carbocycles. The SMILES string of the molecule is [C-]#[N+]/C(C#N)=C1\C(=C\c2cc(CCCCCCCCCCCC)c(-c3cc4c(-c5ccc(CC(CC)CCCC)s5)c5sc(-c6sc(/C=C7\C(=O)c8ccccc8\C7=C(\C#N)[N+]#[C-])cc6CCCCCCCCCCCC)cc5c(-c5ccc(CC(CC)CCCC)s5)c4s3)s2)C(=O)c2ccccc21. The molecule has 0 bridgehead atoms. The lowest BCUT2D eigenvalue weighted by molar-refractivity contribution is 0.103. The first-order valence-corrected chi connectivity index (χ1v) is 44.1. The third kappa shape index (κ3) is 18.4. The number of allylic oxidation sites excluding steroid dienone is 6. The number of nitrogens with zero attached hydrogens (tertiary/aromatic N) is 4. The summed E-state index contributed by atoms with van der Waals surface area (Å²) in [6.45, 7) is 30.1. The van der Waals surface area contributed by atoms with Crippen molar-refractivity contribution < 1.29 is 9.59 Å². The molecule has 0 saturated heterocycles. The lowest BCUT2D eigenvalue weighted by Gasteiger charge is -2.13. The average Bonchev–Trinajstić information content (AvgIpc) is 1.55. The van der Waals surface area contributed by atoms with Crippen LogP contribution in [0.2, 0.25) is 0 Å². The second-order valence-electron chi connectivity index (χ2n) is 28.9. The Balaban J connectivity index is 1.11. The van der Waals surface area contributed by atoms with Gasteiger partial charge in [-0.15, -0.1) is 68.0 Å². The van der Waals surface area contributed by atoms with Crippen molar-refractivity contribution in [3.05, 3.63) is 195 Å². The van der Waals surface area contributed by atoms with Gasteiger partial charge in [-0.3, -0.25) is 9.59 Å². The smallest absolute Gasteiger partial charge is 0.270 e. The van der Waals surface area contributed by atoms with Crippen molar-refractivity contribution >= 4 is 123 Å². The van der Waals surface area contributed by atoms with Crippen LogP contribution in [-0.2, 0) is 25.7 Å². The topological polar surface area (TPSA) is 90.4 Å². The van der Waals surface area contributed by atoms with Gasteiger partial charge in [-0.05, 0) is 133 Å². The highest BCUT2D eigenvalue weighted by atomic mass is 32.1. The minimum absolute atomic E-state index is 0.0662. The van der Waals surface area contributed by atoms with Gasteiger partial charge in [0.15, 0.2) is 11.6 Å². The number of hydrogen-bond acceptors (Lipinski definition) is 10. The molecule has 9 aromatic rings. The zero-order valence-corrected chi connectivity index (χ0v) is 67.1. The summed E-state index contributed by atoms with van der Waals surface area (Å²) < 4.78 is 2.55. The van der Waals surface area contributed by atoms with E-state index < -0.39 is 0 Å². The van der Waals surface area contributed by atoms with E-state index in [1.165, 1.54) is 223 Å². The number of ketones is 2. The summed E-state index contributed by atoms with van der Waals surface area (Å²) in [4.78, 5) is 48.7. The highest BCUT2D eigenvalue weighted by molar-refractivity contribution is 7.29. The normalized spacial score (nSPS) is 15.1. The van der Waals surface area contributed by atoms with E-state index in [0.29, 0.717) is 56.4 Å². The molecule has 104 heavy (non-hydrogen) atoms. The van der Waals surface area contributed by atoms with Crippen LogP contribution in [0.25, 0.3) is 93.6 Å². The fraction of sp³-hybridized carbons (Fsp3) is 0.435. The molecule has 0 spiro atoms. The summed E-state index contributed by atoms with van der Waals surface area (Å²) in [7, 11) is 0. The van der Waals surface area contributed by atoms with Crippen LogP contribution >= 0.6 is 68.0 Å². The van der Waals surface area contributed by atoms with Gasteiger partial charge in [0.2, 0.25) is 0 Å². The fourth-order valence-corrected chi connectivity index (χ4v) is 23.1. The van der Waals surface area contributed by atoms with Crippen LogP contribution in [0, 0.1) is 47.6 Å². The molecular formula is C92H102N4O2S6. The van der Waals surface area contributed by atoms with Crippen LogP contribution in [0.5, 0.6) is 0 Å². The number of aryl methyl sites for hydroxylation is 2. The first-order chi connectivity index (χ1) is 51.0. The molecule has 0 N–H and O–H groups in total. The highest BCUT2D eigenvalue weighted by Gasteiger charge is 2.35. The zero-order valence-electron chi connectivity index (χ0n) is 62.2. The van der Waals surface area contributed by atoms with Gasteiger partial charge >= 0.3 is 0 Å². The monoisotopic (exact) mass is 1490 g/mol. The van der Waals surface area contributed by atoms with Gasteiger partial charge in [-0.1, -0.05) is 257 Å². The summed E-state index contributed by atoms with van der Waals surface area (Å²) >= 11 is 11.2. The molecular weight excluding hydrogens is 1390 g/mol. The molecule has 0 amide bonds. The van der Waals surface area contributed by atoms with Gasteiger partial charge in [-0.2, -0.15) is 0 Å². The van der Waals surface area contributed by atoms with Crippen molar-refractivity contribution in [2.75, 3.05) is 0 Å².